The van der Waals surface area contributed by atoms with Crippen LogP contribution in [0.2, 0.25) is 0 Å². The van der Waals surface area contributed by atoms with Crippen LogP contribution in [0.5, 0.6) is 0 Å². The summed E-state index contributed by atoms with van der Waals surface area (Å²) >= 11 is 0. The number of ether oxygens (including phenoxy) is 1. The predicted octanol–water partition coefficient (Wildman–Crippen LogP) is 5.78. The third kappa shape index (κ3) is 9.39. The van der Waals surface area contributed by atoms with Gasteiger partial charge < -0.3 is 4.74 Å². The molecule has 1 aliphatic rings. The van der Waals surface area contributed by atoms with E-state index in [1.807, 2.05) is 0 Å². The van der Waals surface area contributed by atoms with Crippen molar-refractivity contribution in [3.63, 3.8) is 0 Å². The Morgan fingerprint density at radius 2 is 1.55 bits per heavy atom. The summed E-state index contributed by atoms with van der Waals surface area (Å²) in [6.45, 7) is 2.24. The van der Waals surface area contributed by atoms with Crippen LogP contribution in [0.4, 0.5) is 0 Å². The fourth-order valence-electron chi connectivity index (χ4n) is 3.01. The van der Waals surface area contributed by atoms with E-state index in [0.29, 0.717) is 6.42 Å². The molecule has 1 fully saturated rings. The average molecular weight is 282 g/mol. The molecule has 0 amide bonds. The Labute approximate surface area is 125 Å². The van der Waals surface area contributed by atoms with Gasteiger partial charge in [-0.25, -0.2) is 0 Å². The Kier molecular flexibility index (Phi) is 10.7. The number of carbonyl (C=O) groups excluding carboxylic acids is 1. The van der Waals surface area contributed by atoms with Crippen LogP contribution in [0.15, 0.2) is 0 Å². The Hall–Kier alpha value is -0.530. The van der Waals surface area contributed by atoms with Gasteiger partial charge in [0.2, 0.25) is 0 Å². The van der Waals surface area contributed by atoms with Gasteiger partial charge in [0.15, 0.2) is 0 Å². The van der Waals surface area contributed by atoms with Gasteiger partial charge in [0.1, 0.15) is 6.10 Å². The van der Waals surface area contributed by atoms with E-state index in [1.54, 1.807) is 0 Å². The largest absolute Gasteiger partial charge is 0.462 e. The molecule has 0 aromatic heterocycles. The first-order chi connectivity index (χ1) is 9.83. The minimum Gasteiger partial charge on any atom is -0.462 e. The molecule has 0 aromatic rings. The Morgan fingerprint density at radius 1 is 0.900 bits per heavy atom. The van der Waals surface area contributed by atoms with Gasteiger partial charge in [-0.15, -0.1) is 0 Å². The lowest BCUT2D eigenvalue weighted by atomic mass is 10.0. The van der Waals surface area contributed by atoms with E-state index in [1.165, 1.54) is 70.6 Å². The molecule has 0 saturated carbocycles. The highest BCUT2D eigenvalue weighted by Crippen LogP contribution is 2.19. The average Bonchev–Trinajstić information content (AvgIpc) is 2.43. The summed E-state index contributed by atoms with van der Waals surface area (Å²) in [5.74, 6) is 0.0455. The van der Waals surface area contributed by atoms with Crippen molar-refractivity contribution in [2.24, 2.45) is 0 Å². The molecule has 0 aliphatic carbocycles. The number of carbonyl (C=O) groups is 1. The summed E-state index contributed by atoms with van der Waals surface area (Å²) in [4.78, 5) is 11.8. The summed E-state index contributed by atoms with van der Waals surface area (Å²) in [5.41, 5.74) is 0. The minimum absolute atomic E-state index is 0.0455. The molecule has 0 radical (unpaired) electrons. The molecule has 20 heavy (non-hydrogen) atoms. The summed E-state index contributed by atoms with van der Waals surface area (Å²) in [6, 6.07) is 0. The van der Waals surface area contributed by atoms with Crippen LogP contribution in [-0.2, 0) is 9.53 Å². The zero-order valence-electron chi connectivity index (χ0n) is 13.5. The quantitative estimate of drug-likeness (QED) is 0.455. The fourth-order valence-corrected chi connectivity index (χ4v) is 3.01. The first kappa shape index (κ1) is 17.5. The lowest BCUT2D eigenvalue weighted by Gasteiger charge is -2.18. The smallest absolute Gasteiger partial charge is 0.306 e. The van der Waals surface area contributed by atoms with Gasteiger partial charge in [0, 0.05) is 6.42 Å². The zero-order chi connectivity index (χ0) is 14.5. The first-order valence-corrected chi connectivity index (χ1v) is 9.02. The number of rotatable bonds is 6. The molecular weight excluding hydrogens is 248 g/mol. The second-order valence-electron chi connectivity index (χ2n) is 6.33. The molecule has 1 saturated heterocycles. The van der Waals surface area contributed by atoms with Crippen LogP contribution in [0.25, 0.3) is 0 Å². The van der Waals surface area contributed by atoms with Gasteiger partial charge in [-0.3, -0.25) is 4.79 Å². The summed E-state index contributed by atoms with van der Waals surface area (Å²) in [7, 11) is 0. The van der Waals surface area contributed by atoms with Gasteiger partial charge in [0.25, 0.3) is 0 Å². The molecule has 0 bridgehead atoms. The van der Waals surface area contributed by atoms with Gasteiger partial charge >= 0.3 is 5.97 Å². The van der Waals surface area contributed by atoms with Crippen molar-refractivity contribution in [3.8, 4) is 0 Å². The van der Waals surface area contributed by atoms with Crippen LogP contribution in [0.1, 0.15) is 103 Å². The molecule has 0 N–H and O–H groups in total. The Bertz CT molecular complexity index is 238. The topological polar surface area (TPSA) is 26.3 Å². The zero-order valence-corrected chi connectivity index (χ0v) is 13.5. The van der Waals surface area contributed by atoms with Crippen LogP contribution >= 0.6 is 0 Å². The number of esters is 1. The summed E-state index contributed by atoms with van der Waals surface area (Å²) in [6.07, 6.45) is 18.2. The number of unbranched alkanes of at least 4 members (excludes halogenated alkanes) is 4. The maximum absolute atomic E-state index is 11.8. The third-order valence-corrected chi connectivity index (χ3v) is 4.33. The van der Waals surface area contributed by atoms with Crippen molar-refractivity contribution in [3.05, 3.63) is 0 Å². The fraction of sp³-hybridized carbons (Fsp3) is 0.944. The van der Waals surface area contributed by atoms with E-state index in [4.69, 9.17) is 4.74 Å². The highest BCUT2D eigenvalue weighted by molar-refractivity contribution is 5.69. The van der Waals surface area contributed by atoms with Crippen molar-refractivity contribution >= 4 is 5.97 Å². The van der Waals surface area contributed by atoms with Crippen molar-refractivity contribution in [1.82, 2.24) is 0 Å². The van der Waals surface area contributed by atoms with Gasteiger partial charge in [-0.2, -0.15) is 0 Å². The molecule has 2 nitrogen and oxygen atoms in total. The first-order valence-electron chi connectivity index (χ1n) is 9.02. The normalized spacial score (nSPS) is 22.6. The van der Waals surface area contributed by atoms with Gasteiger partial charge in [-0.05, 0) is 32.1 Å². The van der Waals surface area contributed by atoms with Crippen LogP contribution < -0.4 is 0 Å². The van der Waals surface area contributed by atoms with E-state index < -0.39 is 0 Å². The third-order valence-electron chi connectivity index (χ3n) is 4.33. The minimum atomic E-state index is 0.0455. The van der Waals surface area contributed by atoms with Crippen LogP contribution in [0.3, 0.4) is 0 Å². The van der Waals surface area contributed by atoms with Crippen molar-refractivity contribution in [1.29, 1.82) is 0 Å². The van der Waals surface area contributed by atoms with E-state index in [9.17, 15) is 4.79 Å². The van der Waals surface area contributed by atoms with E-state index in [2.05, 4.69) is 6.92 Å². The maximum atomic E-state index is 11.8. The number of hydrogen-bond donors (Lipinski definition) is 0. The van der Waals surface area contributed by atoms with Crippen LogP contribution in [-0.4, -0.2) is 12.1 Å². The molecule has 1 atom stereocenters. The lowest BCUT2D eigenvalue weighted by Crippen LogP contribution is -2.18. The molecule has 1 aliphatic heterocycles. The molecule has 0 spiro atoms. The Balaban J connectivity index is 2.25. The molecule has 1 heterocycles. The SMILES string of the molecule is CCCCCCCC1CCCCCCCCCC(=O)O1. The van der Waals surface area contributed by atoms with Gasteiger partial charge in [0.05, 0.1) is 0 Å². The monoisotopic (exact) mass is 282 g/mol. The summed E-state index contributed by atoms with van der Waals surface area (Å²) in [5, 5.41) is 0. The number of cyclic esters (lactones) is 1. The standard InChI is InChI=1S/C18H34O2/c1-2-3-4-8-11-14-17-15-12-9-6-5-7-10-13-16-18(19)20-17/h17H,2-16H2,1H3. The van der Waals surface area contributed by atoms with Crippen LogP contribution in [0, 0.1) is 0 Å². The van der Waals surface area contributed by atoms with Gasteiger partial charge in [-0.1, -0.05) is 64.7 Å². The second kappa shape index (κ2) is 12.2. The predicted molar refractivity (Wildman–Crippen MR) is 84.8 cm³/mol. The van der Waals surface area contributed by atoms with Crippen molar-refractivity contribution in [2.75, 3.05) is 0 Å². The van der Waals surface area contributed by atoms with Crippen molar-refractivity contribution < 1.29 is 9.53 Å². The van der Waals surface area contributed by atoms with E-state index >= 15 is 0 Å². The maximum Gasteiger partial charge on any atom is 0.306 e. The highest BCUT2D eigenvalue weighted by atomic mass is 16.5. The molecule has 118 valence electrons. The Morgan fingerprint density at radius 3 is 2.30 bits per heavy atom. The molecule has 1 unspecified atom stereocenters. The van der Waals surface area contributed by atoms with E-state index in [-0.39, 0.29) is 12.1 Å². The highest BCUT2D eigenvalue weighted by Gasteiger charge is 2.14. The second-order valence-corrected chi connectivity index (χ2v) is 6.33. The molecule has 0 aromatic carbocycles. The molecule has 2 heteroatoms. The summed E-state index contributed by atoms with van der Waals surface area (Å²) < 4.78 is 5.69. The van der Waals surface area contributed by atoms with Crippen molar-refractivity contribution in [2.45, 2.75) is 109 Å². The molecular formula is C18H34O2. The van der Waals surface area contributed by atoms with E-state index in [0.717, 1.165) is 19.3 Å². The molecule has 1 rings (SSSR count). The number of hydrogen-bond acceptors (Lipinski definition) is 2. The lowest BCUT2D eigenvalue weighted by molar-refractivity contribution is -0.150.